The number of ether oxygens (including phenoxy) is 2. The second kappa shape index (κ2) is 11.1. The number of rotatable bonds is 7. The summed E-state index contributed by atoms with van der Waals surface area (Å²) in [5, 5.41) is 0. The smallest absolute Gasteiger partial charge is 0.410 e. The van der Waals surface area contributed by atoms with Crippen molar-refractivity contribution in [3.8, 4) is 28.1 Å². The van der Waals surface area contributed by atoms with Crippen LogP contribution in [0.4, 0.5) is 13.6 Å². The number of halogens is 2. The van der Waals surface area contributed by atoms with Crippen molar-refractivity contribution in [1.82, 2.24) is 8.87 Å². The molecule has 0 N–H and O–H groups in total. The summed E-state index contributed by atoms with van der Waals surface area (Å²) in [7, 11) is -1.33. The first-order chi connectivity index (χ1) is 18.8. The van der Waals surface area contributed by atoms with Crippen molar-refractivity contribution in [1.29, 1.82) is 0 Å². The highest BCUT2D eigenvalue weighted by atomic mass is 32.2. The summed E-state index contributed by atoms with van der Waals surface area (Å²) in [6, 6.07) is 17.5. The lowest BCUT2D eigenvalue weighted by Gasteiger charge is -2.24. The van der Waals surface area contributed by atoms with Crippen LogP contribution in [0.3, 0.4) is 0 Å². The molecule has 1 amide bonds. The van der Waals surface area contributed by atoms with Gasteiger partial charge in [-0.05, 0) is 79.9 Å². The third kappa shape index (κ3) is 6.34. The van der Waals surface area contributed by atoms with E-state index in [1.54, 1.807) is 45.0 Å². The molecule has 40 heavy (non-hydrogen) atoms. The van der Waals surface area contributed by atoms with Crippen molar-refractivity contribution in [3.05, 3.63) is 96.2 Å². The largest absolute Gasteiger partial charge is 0.497 e. The second-order valence-corrected chi connectivity index (χ2v) is 12.1. The van der Waals surface area contributed by atoms with Crippen molar-refractivity contribution in [3.63, 3.8) is 0 Å². The van der Waals surface area contributed by atoms with E-state index < -0.39 is 33.4 Å². The predicted molar refractivity (Wildman–Crippen MR) is 148 cm³/mol. The number of carbonyl (C=O) groups excluding carboxylic acids is 1. The number of benzene rings is 3. The molecule has 210 valence electrons. The van der Waals surface area contributed by atoms with Crippen molar-refractivity contribution in [2.24, 2.45) is 0 Å². The summed E-state index contributed by atoms with van der Waals surface area (Å²) < 4.78 is 68.5. The average molecular weight is 569 g/mol. The Hall–Kier alpha value is -4.18. The van der Waals surface area contributed by atoms with Gasteiger partial charge in [-0.15, -0.1) is 0 Å². The Morgan fingerprint density at radius 1 is 0.950 bits per heavy atom. The molecular formula is C30H30F2N2O5S. The normalized spacial score (nSPS) is 11.8. The molecular weight excluding hydrogens is 538 g/mol. The molecule has 0 aliphatic heterocycles. The number of methoxy groups -OCH3 is 1. The number of amides is 1. The van der Waals surface area contributed by atoms with E-state index in [1.807, 2.05) is 0 Å². The Balaban J connectivity index is 1.79. The van der Waals surface area contributed by atoms with Crippen LogP contribution in [0.15, 0.2) is 83.9 Å². The first-order valence-corrected chi connectivity index (χ1v) is 13.8. The molecule has 1 aromatic heterocycles. The lowest BCUT2D eigenvalue weighted by molar-refractivity contribution is 0.0285. The van der Waals surface area contributed by atoms with E-state index in [4.69, 9.17) is 9.47 Å². The fourth-order valence-electron chi connectivity index (χ4n) is 4.12. The summed E-state index contributed by atoms with van der Waals surface area (Å²) in [6.45, 7) is 5.24. The maximum Gasteiger partial charge on any atom is 0.410 e. The molecule has 0 spiro atoms. The quantitative estimate of drug-likeness (QED) is 0.248. The van der Waals surface area contributed by atoms with Crippen LogP contribution in [0.25, 0.3) is 22.4 Å². The Morgan fingerprint density at radius 2 is 1.68 bits per heavy atom. The van der Waals surface area contributed by atoms with Crippen molar-refractivity contribution >= 4 is 16.1 Å². The van der Waals surface area contributed by atoms with Crippen LogP contribution in [-0.4, -0.2) is 43.1 Å². The molecule has 0 aliphatic carbocycles. The van der Waals surface area contributed by atoms with E-state index in [0.29, 0.717) is 16.7 Å². The zero-order valence-electron chi connectivity index (χ0n) is 22.8. The summed E-state index contributed by atoms with van der Waals surface area (Å²) in [6.07, 6.45) is 0.768. The van der Waals surface area contributed by atoms with Gasteiger partial charge < -0.3 is 14.4 Å². The lowest BCUT2D eigenvalue weighted by atomic mass is 10.1. The van der Waals surface area contributed by atoms with E-state index in [1.165, 1.54) is 73.8 Å². The molecule has 0 fully saturated rings. The Kier molecular flexibility index (Phi) is 8.02. The first-order valence-electron chi connectivity index (χ1n) is 12.4. The summed E-state index contributed by atoms with van der Waals surface area (Å²) in [5.41, 5.74) is 0.766. The van der Waals surface area contributed by atoms with Gasteiger partial charge >= 0.3 is 6.09 Å². The van der Waals surface area contributed by atoms with E-state index in [2.05, 4.69) is 0 Å². The molecule has 1 heterocycles. The zero-order valence-corrected chi connectivity index (χ0v) is 23.6. The highest BCUT2D eigenvalue weighted by Gasteiger charge is 2.26. The number of carbonyl (C=O) groups is 1. The van der Waals surface area contributed by atoms with Crippen molar-refractivity contribution < 1.29 is 31.5 Å². The molecule has 10 heteroatoms. The number of nitrogens with zero attached hydrogens (tertiary/aromatic N) is 2. The van der Waals surface area contributed by atoms with Gasteiger partial charge in [-0.3, -0.25) is 0 Å². The second-order valence-electron chi connectivity index (χ2n) is 10.3. The summed E-state index contributed by atoms with van der Waals surface area (Å²) in [5.74, 6) is -0.854. The Morgan fingerprint density at radius 3 is 2.35 bits per heavy atom. The van der Waals surface area contributed by atoms with E-state index >= 15 is 0 Å². The van der Waals surface area contributed by atoms with Gasteiger partial charge in [0.25, 0.3) is 10.0 Å². The number of aromatic nitrogens is 1. The van der Waals surface area contributed by atoms with Crippen LogP contribution in [-0.2, 0) is 21.3 Å². The van der Waals surface area contributed by atoms with E-state index in [9.17, 15) is 22.0 Å². The standard InChI is InChI=1S/C30H30F2N2O5S/c1-30(2,3)39-29(35)33(4)18-20-13-28(26-11-6-7-12-27(26)32)34(19-20)40(36,37)25-10-8-9-21(16-25)22-14-23(31)17-24(15-22)38-5/h6-17,19H,18H2,1-5H3. The molecule has 4 rings (SSSR count). The molecule has 0 saturated heterocycles. The van der Waals surface area contributed by atoms with Gasteiger partial charge in [0.1, 0.15) is 23.0 Å². The first kappa shape index (κ1) is 28.8. The van der Waals surface area contributed by atoms with Gasteiger partial charge in [0.15, 0.2) is 0 Å². The molecule has 0 aliphatic rings. The molecule has 0 unspecified atom stereocenters. The highest BCUT2D eigenvalue weighted by Crippen LogP contribution is 2.32. The summed E-state index contributed by atoms with van der Waals surface area (Å²) in [4.78, 5) is 13.7. The average Bonchev–Trinajstić information content (AvgIpc) is 3.32. The van der Waals surface area contributed by atoms with Gasteiger partial charge in [0, 0.05) is 24.9 Å². The third-order valence-corrected chi connectivity index (χ3v) is 7.62. The molecule has 0 bridgehead atoms. The molecule has 0 radical (unpaired) electrons. The molecule has 0 saturated carbocycles. The Bertz CT molecular complexity index is 1660. The lowest BCUT2D eigenvalue weighted by Crippen LogP contribution is -2.33. The van der Waals surface area contributed by atoms with Gasteiger partial charge in [-0.1, -0.05) is 24.3 Å². The maximum atomic E-state index is 14.9. The van der Waals surface area contributed by atoms with Gasteiger partial charge in [-0.2, -0.15) is 0 Å². The minimum Gasteiger partial charge on any atom is -0.497 e. The van der Waals surface area contributed by atoms with Gasteiger partial charge in [0.2, 0.25) is 0 Å². The van der Waals surface area contributed by atoms with Crippen LogP contribution in [0.2, 0.25) is 0 Å². The minimum absolute atomic E-state index is 0.0159. The maximum absolute atomic E-state index is 14.9. The van der Waals surface area contributed by atoms with Gasteiger partial charge in [-0.25, -0.2) is 26.0 Å². The van der Waals surface area contributed by atoms with Crippen molar-refractivity contribution in [2.75, 3.05) is 14.2 Å². The SMILES string of the molecule is COc1cc(F)cc(-c2cccc(S(=O)(=O)n3cc(CN(C)C(=O)OC(C)(C)C)cc3-c3ccccc3F)c2)c1. The van der Waals surface area contributed by atoms with E-state index in [-0.39, 0.29) is 28.4 Å². The van der Waals surface area contributed by atoms with Crippen LogP contribution >= 0.6 is 0 Å². The molecule has 3 aromatic carbocycles. The predicted octanol–water partition coefficient (Wildman–Crippen LogP) is 6.71. The monoisotopic (exact) mass is 568 g/mol. The van der Waals surface area contributed by atoms with E-state index in [0.717, 1.165) is 3.97 Å². The third-order valence-electron chi connectivity index (χ3n) is 5.95. The molecule has 7 nitrogen and oxygen atoms in total. The zero-order chi connectivity index (χ0) is 29.2. The number of hydrogen-bond donors (Lipinski definition) is 0. The minimum atomic E-state index is -4.26. The fraction of sp³-hybridized carbons (Fsp3) is 0.233. The van der Waals surface area contributed by atoms with Crippen LogP contribution in [0, 0.1) is 11.6 Å². The number of hydrogen-bond acceptors (Lipinski definition) is 5. The molecule has 4 aromatic rings. The topological polar surface area (TPSA) is 77.8 Å². The fourth-order valence-corrected chi connectivity index (χ4v) is 5.56. The highest BCUT2D eigenvalue weighted by molar-refractivity contribution is 7.90. The van der Waals surface area contributed by atoms with Crippen LogP contribution < -0.4 is 4.74 Å². The van der Waals surface area contributed by atoms with Crippen molar-refractivity contribution in [2.45, 2.75) is 37.8 Å². The van der Waals surface area contributed by atoms with Crippen LogP contribution in [0.1, 0.15) is 26.3 Å². The van der Waals surface area contributed by atoms with Crippen LogP contribution in [0.5, 0.6) is 5.75 Å². The van der Waals surface area contributed by atoms with Gasteiger partial charge in [0.05, 0.1) is 24.2 Å². The Labute approximate surface area is 232 Å². The summed E-state index contributed by atoms with van der Waals surface area (Å²) >= 11 is 0. The molecule has 0 atom stereocenters.